The summed E-state index contributed by atoms with van der Waals surface area (Å²) in [6.45, 7) is 3.99. The highest BCUT2D eigenvalue weighted by Crippen LogP contribution is 2.40. The molecule has 3 atom stereocenters. The van der Waals surface area contributed by atoms with Crippen molar-refractivity contribution in [2.24, 2.45) is 5.92 Å². The lowest BCUT2D eigenvalue weighted by Crippen LogP contribution is -2.48. The van der Waals surface area contributed by atoms with Gasteiger partial charge in [-0.25, -0.2) is 0 Å². The zero-order valence-corrected chi connectivity index (χ0v) is 20.6. The van der Waals surface area contributed by atoms with Gasteiger partial charge in [0.1, 0.15) is 0 Å². The third-order valence-electron chi connectivity index (χ3n) is 8.93. The molecule has 1 aliphatic carbocycles. The summed E-state index contributed by atoms with van der Waals surface area (Å²) in [5.41, 5.74) is 5.37. The largest absolute Gasteiger partial charge is 0.338 e. The number of likely N-dealkylation sites (tertiary alicyclic amines) is 1. The first-order valence-corrected chi connectivity index (χ1v) is 13.4. The molecule has 35 heavy (non-hydrogen) atoms. The lowest BCUT2D eigenvalue weighted by atomic mass is 9.75. The van der Waals surface area contributed by atoms with Gasteiger partial charge in [-0.1, -0.05) is 72.8 Å². The van der Waals surface area contributed by atoms with Crippen LogP contribution in [0.3, 0.4) is 0 Å². The Hall–Kier alpha value is -2.91. The van der Waals surface area contributed by atoms with E-state index in [1.807, 2.05) is 30.3 Å². The Morgan fingerprint density at radius 1 is 0.829 bits per heavy atom. The van der Waals surface area contributed by atoms with E-state index >= 15 is 0 Å². The molecule has 1 amide bonds. The summed E-state index contributed by atoms with van der Waals surface area (Å²) < 4.78 is 0. The summed E-state index contributed by atoms with van der Waals surface area (Å²) in [5.74, 6) is 0.936. The van der Waals surface area contributed by atoms with Crippen LogP contribution >= 0.6 is 0 Å². The lowest BCUT2D eigenvalue weighted by Gasteiger charge is -2.44. The van der Waals surface area contributed by atoms with Crippen LogP contribution in [0.5, 0.6) is 0 Å². The fourth-order valence-electron chi connectivity index (χ4n) is 6.92. The second kappa shape index (κ2) is 9.62. The number of benzene rings is 3. The van der Waals surface area contributed by atoms with E-state index in [9.17, 15) is 4.79 Å². The van der Waals surface area contributed by atoms with Gasteiger partial charge in [0.2, 0.25) is 0 Å². The van der Waals surface area contributed by atoms with Gasteiger partial charge in [0.15, 0.2) is 0 Å². The average Bonchev–Trinajstić information content (AvgIpc) is 3.34. The summed E-state index contributed by atoms with van der Waals surface area (Å²) in [5, 5.41) is 0. The second-order valence-electron chi connectivity index (χ2n) is 11.0. The topological polar surface area (TPSA) is 23.6 Å². The van der Waals surface area contributed by atoms with Crippen molar-refractivity contribution in [3.8, 4) is 0 Å². The van der Waals surface area contributed by atoms with Crippen LogP contribution in [0.2, 0.25) is 0 Å². The van der Waals surface area contributed by atoms with Gasteiger partial charge < -0.3 is 4.90 Å². The molecule has 3 heterocycles. The van der Waals surface area contributed by atoms with Crippen LogP contribution in [0.15, 0.2) is 84.9 Å². The summed E-state index contributed by atoms with van der Waals surface area (Å²) in [6.07, 6.45) is 7.23. The second-order valence-corrected chi connectivity index (χ2v) is 11.0. The molecule has 180 valence electrons. The van der Waals surface area contributed by atoms with E-state index in [4.69, 9.17) is 0 Å². The van der Waals surface area contributed by atoms with Gasteiger partial charge in [-0.3, -0.25) is 9.69 Å². The van der Waals surface area contributed by atoms with Crippen LogP contribution < -0.4 is 0 Å². The number of amides is 1. The molecule has 3 heteroatoms. The molecular weight excluding hydrogens is 428 g/mol. The van der Waals surface area contributed by atoms with Crippen molar-refractivity contribution in [2.45, 2.75) is 50.0 Å². The van der Waals surface area contributed by atoms with Crippen LogP contribution in [0, 0.1) is 5.92 Å². The summed E-state index contributed by atoms with van der Waals surface area (Å²) in [4.78, 5) is 18.2. The lowest BCUT2D eigenvalue weighted by molar-refractivity contribution is 0.0765. The van der Waals surface area contributed by atoms with Crippen molar-refractivity contribution < 1.29 is 4.79 Å². The molecule has 0 radical (unpaired) electrons. The maximum absolute atomic E-state index is 13.3. The summed E-state index contributed by atoms with van der Waals surface area (Å²) in [6, 6.07) is 30.5. The van der Waals surface area contributed by atoms with Crippen LogP contribution in [-0.2, 0) is 18.3 Å². The number of carbonyl (C=O) groups excluding carboxylic acids is 1. The first-order valence-electron chi connectivity index (χ1n) is 13.4. The molecule has 0 N–H and O–H groups in total. The van der Waals surface area contributed by atoms with Gasteiger partial charge in [0.05, 0.1) is 0 Å². The Morgan fingerprint density at radius 3 is 2.29 bits per heavy atom. The molecule has 0 saturated carbocycles. The summed E-state index contributed by atoms with van der Waals surface area (Å²) >= 11 is 0. The minimum atomic E-state index is 0.0330. The van der Waals surface area contributed by atoms with Crippen LogP contribution in [-0.4, -0.2) is 47.9 Å². The van der Waals surface area contributed by atoms with Crippen LogP contribution in [0.1, 0.15) is 52.7 Å². The SMILES string of the molecule is O=C(c1ccccc1)N1CCC(CCN2C[C@@H]3CC[C@@H]2Cc2ccccc2C3)(c2ccccc2)C1. The third kappa shape index (κ3) is 4.54. The van der Waals surface area contributed by atoms with E-state index in [1.54, 1.807) is 11.1 Å². The predicted molar refractivity (Wildman–Crippen MR) is 142 cm³/mol. The van der Waals surface area contributed by atoms with E-state index in [0.717, 1.165) is 44.0 Å². The maximum Gasteiger partial charge on any atom is 0.253 e. The highest BCUT2D eigenvalue weighted by molar-refractivity contribution is 5.94. The number of carbonyl (C=O) groups is 1. The fourth-order valence-corrected chi connectivity index (χ4v) is 6.92. The van der Waals surface area contributed by atoms with Crippen molar-refractivity contribution in [1.29, 1.82) is 0 Å². The Morgan fingerprint density at radius 2 is 1.51 bits per heavy atom. The molecular formula is C32H36N2O. The van der Waals surface area contributed by atoms with E-state index in [2.05, 4.69) is 64.4 Å². The Balaban J connectivity index is 1.22. The minimum Gasteiger partial charge on any atom is -0.338 e. The molecule has 1 unspecified atom stereocenters. The number of piperidine rings is 1. The Kier molecular flexibility index (Phi) is 6.20. The van der Waals surface area contributed by atoms with Gasteiger partial charge >= 0.3 is 0 Å². The van der Waals surface area contributed by atoms with Gasteiger partial charge in [0, 0.05) is 36.7 Å². The van der Waals surface area contributed by atoms with Crippen molar-refractivity contribution in [2.75, 3.05) is 26.2 Å². The summed E-state index contributed by atoms with van der Waals surface area (Å²) in [7, 11) is 0. The van der Waals surface area contributed by atoms with Gasteiger partial charge in [-0.15, -0.1) is 0 Å². The van der Waals surface area contributed by atoms with Crippen LogP contribution in [0.4, 0.5) is 0 Å². The third-order valence-corrected chi connectivity index (χ3v) is 8.93. The molecule has 2 saturated heterocycles. The highest BCUT2D eigenvalue weighted by Gasteiger charge is 2.42. The first-order chi connectivity index (χ1) is 17.2. The Labute approximate surface area is 209 Å². The number of fused-ring (bicyclic) bond motifs is 2. The quantitative estimate of drug-likeness (QED) is 0.481. The molecule has 3 aromatic rings. The molecule has 7 rings (SSSR count). The molecule has 3 aliphatic heterocycles. The number of hydrogen-bond acceptors (Lipinski definition) is 2. The van der Waals surface area contributed by atoms with Gasteiger partial charge in [-0.05, 0) is 79.8 Å². The highest BCUT2D eigenvalue weighted by atomic mass is 16.2. The molecule has 0 spiro atoms. The van der Waals surface area contributed by atoms with Crippen molar-refractivity contribution in [3.05, 3.63) is 107 Å². The molecule has 0 aromatic heterocycles. The minimum absolute atomic E-state index is 0.0330. The van der Waals surface area contributed by atoms with Crippen molar-refractivity contribution in [1.82, 2.24) is 9.80 Å². The smallest absolute Gasteiger partial charge is 0.253 e. The van der Waals surface area contributed by atoms with Crippen molar-refractivity contribution in [3.63, 3.8) is 0 Å². The van der Waals surface area contributed by atoms with Gasteiger partial charge in [0.25, 0.3) is 5.91 Å². The normalized spacial score (nSPS) is 26.2. The predicted octanol–water partition coefficient (Wildman–Crippen LogP) is 5.74. The average molecular weight is 465 g/mol. The maximum atomic E-state index is 13.3. The molecule has 2 fully saturated rings. The van der Waals surface area contributed by atoms with E-state index in [0.29, 0.717) is 6.04 Å². The van der Waals surface area contributed by atoms with Crippen LogP contribution in [0.25, 0.3) is 0 Å². The molecule has 3 aromatic carbocycles. The van der Waals surface area contributed by atoms with E-state index in [1.165, 1.54) is 37.8 Å². The standard InChI is InChI=1S/C32H36N2O/c35-31(26-9-3-1-4-10-26)34-20-18-32(24-34,29-13-5-2-6-14-29)17-19-33-23-25-15-16-30(33)22-28-12-8-7-11-27(28)21-25/h1-14,25,30H,15-24H2/t25-,30-,32?/m1/s1. The zero-order chi connectivity index (χ0) is 23.7. The zero-order valence-electron chi connectivity index (χ0n) is 20.6. The molecule has 4 aliphatic rings. The van der Waals surface area contributed by atoms with E-state index in [-0.39, 0.29) is 11.3 Å². The number of nitrogens with zero attached hydrogens (tertiary/aromatic N) is 2. The Bertz CT molecular complexity index is 1160. The van der Waals surface area contributed by atoms with E-state index < -0.39 is 0 Å². The number of hydrogen-bond donors (Lipinski definition) is 0. The number of rotatable bonds is 5. The fraction of sp³-hybridized carbons (Fsp3) is 0.406. The monoisotopic (exact) mass is 464 g/mol. The van der Waals surface area contributed by atoms with Crippen molar-refractivity contribution >= 4 is 5.91 Å². The molecule has 3 nitrogen and oxygen atoms in total. The first kappa shape index (κ1) is 22.5. The van der Waals surface area contributed by atoms with Gasteiger partial charge in [-0.2, -0.15) is 0 Å². The molecule has 2 bridgehead atoms.